The van der Waals surface area contributed by atoms with Crippen LogP contribution in [0.3, 0.4) is 0 Å². The molecule has 0 atom stereocenters. The lowest BCUT2D eigenvalue weighted by Gasteiger charge is -2.26. The molecule has 1 rings (SSSR count). The third kappa shape index (κ3) is 2.61. The number of carbonyl (C=O) groups is 1. The quantitative estimate of drug-likeness (QED) is 0.892. The number of halogens is 1. The van der Waals surface area contributed by atoms with Crippen molar-refractivity contribution in [1.82, 2.24) is 0 Å². The standard InChI is InChI=1S/C11H15BrO2S/c1-3-11(4-2,10(13)14)7-9-8(12)5-6-15-9/h5-6H,3-4,7H2,1-2H3,(H,13,14). The summed E-state index contributed by atoms with van der Waals surface area (Å²) in [6.07, 6.45) is 1.96. The zero-order valence-electron chi connectivity index (χ0n) is 8.92. The van der Waals surface area contributed by atoms with Gasteiger partial charge in [-0.25, -0.2) is 0 Å². The first-order chi connectivity index (χ1) is 7.05. The highest BCUT2D eigenvalue weighted by molar-refractivity contribution is 9.10. The average molecular weight is 291 g/mol. The van der Waals surface area contributed by atoms with E-state index in [4.69, 9.17) is 0 Å². The lowest BCUT2D eigenvalue weighted by atomic mass is 9.79. The van der Waals surface area contributed by atoms with Gasteiger partial charge in [-0.1, -0.05) is 13.8 Å². The monoisotopic (exact) mass is 290 g/mol. The van der Waals surface area contributed by atoms with Crippen molar-refractivity contribution in [2.24, 2.45) is 5.41 Å². The summed E-state index contributed by atoms with van der Waals surface area (Å²) >= 11 is 5.06. The molecule has 0 aliphatic heterocycles. The molecule has 0 saturated carbocycles. The summed E-state index contributed by atoms with van der Waals surface area (Å²) in [5.74, 6) is -0.687. The van der Waals surface area contributed by atoms with Crippen molar-refractivity contribution in [3.05, 3.63) is 20.8 Å². The Bertz CT molecular complexity index is 342. The fourth-order valence-corrected chi connectivity index (χ4v) is 3.27. The summed E-state index contributed by atoms with van der Waals surface area (Å²) in [6, 6.07) is 1.97. The Morgan fingerprint density at radius 1 is 1.53 bits per heavy atom. The number of hydrogen-bond acceptors (Lipinski definition) is 2. The van der Waals surface area contributed by atoms with Gasteiger partial charge in [0.25, 0.3) is 0 Å². The molecule has 4 heteroatoms. The molecule has 1 aromatic rings. The zero-order valence-corrected chi connectivity index (χ0v) is 11.3. The second-order valence-corrected chi connectivity index (χ2v) is 5.52. The number of thiophene rings is 1. The number of hydrogen-bond donors (Lipinski definition) is 1. The van der Waals surface area contributed by atoms with Crippen LogP contribution >= 0.6 is 27.3 Å². The molecule has 0 aliphatic carbocycles. The van der Waals surface area contributed by atoms with Gasteiger partial charge in [0, 0.05) is 9.35 Å². The molecule has 0 saturated heterocycles. The molecule has 0 bridgehead atoms. The van der Waals surface area contributed by atoms with Gasteiger partial charge >= 0.3 is 5.97 Å². The van der Waals surface area contributed by atoms with Crippen molar-refractivity contribution < 1.29 is 9.90 Å². The largest absolute Gasteiger partial charge is 0.481 e. The molecule has 0 unspecified atom stereocenters. The Morgan fingerprint density at radius 3 is 2.47 bits per heavy atom. The van der Waals surface area contributed by atoms with E-state index in [1.165, 1.54) is 0 Å². The minimum Gasteiger partial charge on any atom is -0.481 e. The maximum Gasteiger partial charge on any atom is 0.309 e. The predicted octanol–water partition coefficient (Wildman–Crippen LogP) is 3.94. The first-order valence-corrected chi connectivity index (χ1v) is 6.68. The molecule has 15 heavy (non-hydrogen) atoms. The predicted molar refractivity (Wildman–Crippen MR) is 66.4 cm³/mol. The van der Waals surface area contributed by atoms with Gasteiger partial charge in [-0.15, -0.1) is 11.3 Å². The Hall–Kier alpha value is -0.350. The fourth-order valence-electron chi connectivity index (χ4n) is 1.64. The highest BCUT2D eigenvalue weighted by Crippen LogP contribution is 2.36. The Balaban J connectivity index is 2.93. The van der Waals surface area contributed by atoms with Crippen molar-refractivity contribution >= 4 is 33.2 Å². The van der Waals surface area contributed by atoms with Gasteiger partial charge in [-0.3, -0.25) is 4.79 Å². The van der Waals surface area contributed by atoms with Gasteiger partial charge in [0.15, 0.2) is 0 Å². The Morgan fingerprint density at radius 2 is 2.13 bits per heavy atom. The first-order valence-electron chi connectivity index (χ1n) is 5.01. The smallest absolute Gasteiger partial charge is 0.309 e. The van der Waals surface area contributed by atoms with E-state index >= 15 is 0 Å². The van der Waals surface area contributed by atoms with Gasteiger partial charge in [-0.2, -0.15) is 0 Å². The van der Waals surface area contributed by atoms with Crippen LogP contribution in [0.1, 0.15) is 31.6 Å². The molecule has 0 aliphatic rings. The maximum atomic E-state index is 11.3. The first kappa shape index (κ1) is 12.7. The van der Waals surface area contributed by atoms with Crippen molar-refractivity contribution in [2.45, 2.75) is 33.1 Å². The molecule has 1 aromatic heterocycles. The molecule has 2 nitrogen and oxygen atoms in total. The summed E-state index contributed by atoms with van der Waals surface area (Å²) < 4.78 is 1.03. The Kier molecular flexibility index (Phi) is 4.34. The van der Waals surface area contributed by atoms with E-state index in [9.17, 15) is 9.90 Å². The van der Waals surface area contributed by atoms with Crippen LogP contribution in [0.2, 0.25) is 0 Å². The summed E-state index contributed by atoms with van der Waals surface area (Å²) in [5, 5.41) is 11.3. The lowest BCUT2D eigenvalue weighted by molar-refractivity contribution is -0.149. The molecule has 1 heterocycles. The summed E-state index contributed by atoms with van der Waals surface area (Å²) in [7, 11) is 0. The van der Waals surface area contributed by atoms with E-state index in [-0.39, 0.29) is 0 Å². The molecule has 0 radical (unpaired) electrons. The van der Waals surface area contributed by atoms with Crippen LogP contribution in [0.4, 0.5) is 0 Å². The van der Waals surface area contributed by atoms with E-state index in [1.54, 1.807) is 11.3 Å². The highest BCUT2D eigenvalue weighted by atomic mass is 79.9. The minimum absolute atomic E-state index is 0.604. The third-order valence-electron chi connectivity index (χ3n) is 3.00. The normalized spacial score (nSPS) is 11.7. The SMILES string of the molecule is CCC(CC)(Cc1sccc1Br)C(=O)O. The van der Waals surface area contributed by atoms with E-state index in [2.05, 4.69) is 15.9 Å². The third-order valence-corrected chi connectivity index (χ3v) is 4.92. The van der Waals surface area contributed by atoms with Gasteiger partial charge < -0.3 is 5.11 Å². The van der Waals surface area contributed by atoms with Crippen molar-refractivity contribution in [3.63, 3.8) is 0 Å². The molecule has 1 N–H and O–H groups in total. The van der Waals surface area contributed by atoms with Crippen LogP contribution in [0.5, 0.6) is 0 Å². The summed E-state index contributed by atoms with van der Waals surface area (Å²) in [5.41, 5.74) is -0.604. The number of rotatable bonds is 5. The van der Waals surface area contributed by atoms with Crippen LogP contribution in [0.15, 0.2) is 15.9 Å². The van der Waals surface area contributed by atoms with E-state index in [0.717, 1.165) is 9.35 Å². The maximum absolute atomic E-state index is 11.3. The van der Waals surface area contributed by atoms with Gasteiger partial charge in [-0.05, 0) is 46.6 Å². The topological polar surface area (TPSA) is 37.3 Å². The zero-order chi connectivity index (χ0) is 11.5. The lowest BCUT2D eigenvalue weighted by Crippen LogP contribution is -2.31. The molecule has 0 aromatic carbocycles. The second kappa shape index (κ2) is 5.12. The molecule has 0 amide bonds. The second-order valence-electron chi connectivity index (χ2n) is 3.66. The van der Waals surface area contributed by atoms with Crippen molar-refractivity contribution in [1.29, 1.82) is 0 Å². The summed E-state index contributed by atoms with van der Waals surface area (Å²) in [6.45, 7) is 3.89. The van der Waals surface area contributed by atoms with E-state index < -0.39 is 11.4 Å². The molecule has 0 fully saturated rings. The molecular weight excluding hydrogens is 276 g/mol. The number of aliphatic carboxylic acids is 1. The van der Waals surface area contributed by atoms with Crippen molar-refractivity contribution in [2.75, 3.05) is 0 Å². The summed E-state index contributed by atoms with van der Waals surface area (Å²) in [4.78, 5) is 12.4. The molecular formula is C11H15BrO2S. The van der Waals surface area contributed by atoms with Gasteiger partial charge in [0.1, 0.15) is 0 Å². The van der Waals surface area contributed by atoms with Gasteiger partial charge in [0.05, 0.1) is 5.41 Å². The van der Waals surface area contributed by atoms with E-state index in [1.807, 2.05) is 25.3 Å². The molecule has 84 valence electrons. The van der Waals surface area contributed by atoms with Crippen LogP contribution in [0, 0.1) is 5.41 Å². The van der Waals surface area contributed by atoms with E-state index in [0.29, 0.717) is 19.3 Å². The van der Waals surface area contributed by atoms with Crippen molar-refractivity contribution in [3.8, 4) is 0 Å². The van der Waals surface area contributed by atoms with Crippen LogP contribution in [-0.4, -0.2) is 11.1 Å². The number of carboxylic acid groups (broad SMARTS) is 1. The number of carboxylic acids is 1. The van der Waals surface area contributed by atoms with Crippen LogP contribution in [-0.2, 0) is 11.2 Å². The Labute approximate surface area is 102 Å². The fraction of sp³-hybridized carbons (Fsp3) is 0.545. The molecule has 0 spiro atoms. The van der Waals surface area contributed by atoms with Gasteiger partial charge in [0.2, 0.25) is 0 Å². The van der Waals surface area contributed by atoms with Crippen LogP contribution in [0.25, 0.3) is 0 Å². The average Bonchev–Trinajstić information content (AvgIpc) is 2.60. The minimum atomic E-state index is -0.687. The highest BCUT2D eigenvalue weighted by Gasteiger charge is 2.35. The van der Waals surface area contributed by atoms with Crippen LogP contribution < -0.4 is 0 Å².